The third-order valence-corrected chi connectivity index (χ3v) is 1.30. The molecule has 0 fully saturated rings. The number of nitrogens with zero attached hydrogens (tertiary/aromatic N) is 3. The molecule has 0 aromatic heterocycles. The normalized spacial score (nSPS) is 18.8. The molecule has 58 valence electrons. The largest absolute Gasteiger partial charge is 0.396 e. The SMILES string of the molecule is NN1CC=NN1CCCO. The molecule has 1 heterocycles. The number of aliphatic hydroxyl groups excluding tert-OH is 1. The maximum Gasteiger partial charge on any atom is 0.0725 e. The average molecular weight is 144 g/mol. The summed E-state index contributed by atoms with van der Waals surface area (Å²) in [4.78, 5) is 0. The van der Waals surface area contributed by atoms with E-state index in [1.54, 1.807) is 11.3 Å². The van der Waals surface area contributed by atoms with Crippen molar-refractivity contribution in [2.75, 3.05) is 19.7 Å². The molecule has 0 atom stereocenters. The van der Waals surface area contributed by atoms with Crippen molar-refractivity contribution in [1.29, 1.82) is 0 Å². The van der Waals surface area contributed by atoms with Gasteiger partial charge in [0, 0.05) is 12.8 Å². The first-order valence-electron chi connectivity index (χ1n) is 3.27. The number of hydrazone groups is 1. The zero-order valence-corrected chi connectivity index (χ0v) is 5.77. The number of rotatable bonds is 3. The molecule has 5 nitrogen and oxygen atoms in total. The summed E-state index contributed by atoms with van der Waals surface area (Å²) < 4.78 is 0. The summed E-state index contributed by atoms with van der Waals surface area (Å²) in [6.07, 6.45) is 2.43. The lowest BCUT2D eigenvalue weighted by atomic mass is 10.5. The van der Waals surface area contributed by atoms with Gasteiger partial charge in [0.25, 0.3) is 0 Å². The van der Waals surface area contributed by atoms with E-state index in [4.69, 9.17) is 10.9 Å². The van der Waals surface area contributed by atoms with Gasteiger partial charge in [0.15, 0.2) is 0 Å². The monoisotopic (exact) mass is 144 g/mol. The van der Waals surface area contributed by atoms with Crippen molar-refractivity contribution >= 4 is 6.21 Å². The van der Waals surface area contributed by atoms with Gasteiger partial charge in [-0.05, 0) is 6.42 Å². The third-order valence-electron chi connectivity index (χ3n) is 1.30. The van der Waals surface area contributed by atoms with Gasteiger partial charge in [-0.1, -0.05) is 0 Å². The van der Waals surface area contributed by atoms with Gasteiger partial charge < -0.3 is 5.11 Å². The highest BCUT2D eigenvalue weighted by Crippen LogP contribution is 1.98. The Labute approximate surface area is 59.7 Å². The van der Waals surface area contributed by atoms with Gasteiger partial charge in [-0.25, -0.2) is 11.0 Å². The lowest BCUT2D eigenvalue weighted by Gasteiger charge is -2.21. The van der Waals surface area contributed by atoms with E-state index in [1.165, 1.54) is 5.12 Å². The molecule has 1 aliphatic heterocycles. The first-order chi connectivity index (χ1) is 4.84. The first kappa shape index (κ1) is 7.46. The Morgan fingerprint density at radius 1 is 1.70 bits per heavy atom. The molecule has 3 N–H and O–H groups in total. The fraction of sp³-hybridized carbons (Fsp3) is 0.800. The first-order valence-corrected chi connectivity index (χ1v) is 3.27. The summed E-state index contributed by atoms with van der Waals surface area (Å²) in [7, 11) is 0. The molecule has 0 aromatic carbocycles. The minimum Gasteiger partial charge on any atom is -0.396 e. The second kappa shape index (κ2) is 3.50. The van der Waals surface area contributed by atoms with Crippen molar-refractivity contribution in [1.82, 2.24) is 10.2 Å². The van der Waals surface area contributed by atoms with Crippen molar-refractivity contribution in [2.24, 2.45) is 10.9 Å². The van der Waals surface area contributed by atoms with E-state index in [2.05, 4.69) is 5.10 Å². The van der Waals surface area contributed by atoms with E-state index in [0.717, 1.165) is 0 Å². The van der Waals surface area contributed by atoms with Crippen LogP contribution in [0.5, 0.6) is 0 Å². The van der Waals surface area contributed by atoms with Crippen LogP contribution < -0.4 is 5.84 Å². The Balaban J connectivity index is 2.20. The molecule has 0 saturated heterocycles. The van der Waals surface area contributed by atoms with Crippen molar-refractivity contribution in [2.45, 2.75) is 6.42 Å². The Hall–Kier alpha value is -0.650. The van der Waals surface area contributed by atoms with Crippen molar-refractivity contribution < 1.29 is 5.11 Å². The molecule has 10 heavy (non-hydrogen) atoms. The zero-order chi connectivity index (χ0) is 7.40. The molecule has 0 aromatic rings. The Morgan fingerprint density at radius 2 is 2.50 bits per heavy atom. The molecular formula is C5H12N4O. The molecule has 5 heteroatoms. The minimum absolute atomic E-state index is 0.180. The molecule has 0 unspecified atom stereocenters. The Kier molecular flexibility index (Phi) is 2.61. The van der Waals surface area contributed by atoms with Gasteiger partial charge in [-0.2, -0.15) is 5.10 Å². The minimum atomic E-state index is 0.180. The summed E-state index contributed by atoms with van der Waals surface area (Å²) in [5, 5.41) is 15.6. The lowest BCUT2D eigenvalue weighted by Crippen LogP contribution is -2.41. The van der Waals surface area contributed by atoms with Crippen LogP contribution in [0, 0.1) is 0 Å². The zero-order valence-electron chi connectivity index (χ0n) is 5.77. The molecule has 0 spiro atoms. The maximum absolute atomic E-state index is 8.47. The highest BCUT2D eigenvalue weighted by atomic mass is 16.3. The second-order valence-corrected chi connectivity index (χ2v) is 2.09. The third kappa shape index (κ3) is 1.66. The van der Waals surface area contributed by atoms with Crippen LogP contribution in [0.1, 0.15) is 6.42 Å². The van der Waals surface area contributed by atoms with Crippen molar-refractivity contribution in [3.05, 3.63) is 0 Å². The maximum atomic E-state index is 8.47. The van der Waals surface area contributed by atoms with Crippen LogP contribution in [0.4, 0.5) is 0 Å². The molecule has 1 rings (SSSR count). The van der Waals surface area contributed by atoms with Crippen LogP contribution in [0.2, 0.25) is 0 Å². The molecule has 0 saturated carbocycles. The average Bonchev–Trinajstić information content (AvgIpc) is 2.31. The van der Waals surface area contributed by atoms with E-state index in [-0.39, 0.29) is 6.61 Å². The lowest BCUT2D eigenvalue weighted by molar-refractivity contribution is 0.00361. The van der Waals surface area contributed by atoms with Crippen LogP contribution in [-0.4, -0.2) is 41.3 Å². The summed E-state index contributed by atoms with van der Waals surface area (Å²) in [5.41, 5.74) is 0. The predicted molar refractivity (Wildman–Crippen MR) is 37.8 cm³/mol. The van der Waals surface area contributed by atoms with E-state index < -0.39 is 0 Å². The summed E-state index contributed by atoms with van der Waals surface area (Å²) in [5.74, 6) is 5.47. The standard InChI is InChI=1S/C5H12N4O/c6-8-4-2-7-9(8)3-1-5-10/h2,10H,1,3-6H2. The van der Waals surface area contributed by atoms with Crippen molar-refractivity contribution in [3.8, 4) is 0 Å². The number of hydrogen-bond donors (Lipinski definition) is 2. The Bertz CT molecular complexity index is 127. The Morgan fingerprint density at radius 3 is 3.00 bits per heavy atom. The van der Waals surface area contributed by atoms with E-state index in [0.29, 0.717) is 19.5 Å². The predicted octanol–water partition coefficient (Wildman–Crippen LogP) is -1.24. The van der Waals surface area contributed by atoms with Gasteiger partial charge in [-0.3, -0.25) is 0 Å². The highest BCUT2D eigenvalue weighted by molar-refractivity contribution is 5.60. The van der Waals surface area contributed by atoms with Crippen LogP contribution in [0.15, 0.2) is 5.10 Å². The molecule has 0 amide bonds. The number of hydrazine groups is 2. The number of aliphatic hydroxyl groups is 1. The van der Waals surface area contributed by atoms with Gasteiger partial charge >= 0.3 is 0 Å². The van der Waals surface area contributed by atoms with Crippen molar-refractivity contribution in [3.63, 3.8) is 0 Å². The molecule has 0 bridgehead atoms. The summed E-state index contributed by atoms with van der Waals surface area (Å²) in [6.45, 7) is 1.52. The van der Waals surface area contributed by atoms with Crippen LogP contribution in [0.3, 0.4) is 0 Å². The van der Waals surface area contributed by atoms with Crippen LogP contribution in [0.25, 0.3) is 0 Å². The number of nitrogens with two attached hydrogens (primary N) is 1. The van der Waals surface area contributed by atoms with Gasteiger partial charge in [0.05, 0.1) is 13.1 Å². The van der Waals surface area contributed by atoms with Gasteiger partial charge in [0.1, 0.15) is 0 Å². The van der Waals surface area contributed by atoms with Crippen LogP contribution in [-0.2, 0) is 0 Å². The topological polar surface area (TPSA) is 65.1 Å². The summed E-state index contributed by atoms with van der Waals surface area (Å²) in [6, 6.07) is 0. The molecule has 0 aliphatic carbocycles. The molecule has 0 radical (unpaired) electrons. The molecule has 1 aliphatic rings. The fourth-order valence-corrected chi connectivity index (χ4v) is 0.773. The van der Waals surface area contributed by atoms with Crippen LogP contribution >= 0.6 is 0 Å². The quantitative estimate of drug-likeness (QED) is 0.486. The van der Waals surface area contributed by atoms with E-state index >= 15 is 0 Å². The fourth-order valence-electron chi connectivity index (χ4n) is 0.773. The molecular weight excluding hydrogens is 132 g/mol. The highest BCUT2D eigenvalue weighted by Gasteiger charge is 2.11. The number of hydrogen-bond acceptors (Lipinski definition) is 5. The van der Waals surface area contributed by atoms with E-state index in [1.807, 2.05) is 0 Å². The van der Waals surface area contributed by atoms with Gasteiger partial charge in [-0.15, -0.1) is 5.12 Å². The van der Waals surface area contributed by atoms with Gasteiger partial charge in [0.2, 0.25) is 0 Å². The summed E-state index contributed by atoms with van der Waals surface area (Å²) >= 11 is 0. The van der Waals surface area contributed by atoms with E-state index in [9.17, 15) is 0 Å². The smallest absolute Gasteiger partial charge is 0.0725 e. The second-order valence-electron chi connectivity index (χ2n) is 2.09.